The van der Waals surface area contributed by atoms with Gasteiger partial charge < -0.3 is 10.1 Å². The molecule has 0 unspecified atom stereocenters. The molecule has 13 heavy (non-hydrogen) atoms. The molecule has 0 amide bonds. The van der Waals surface area contributed by atoms with Crippen LogP contribution >= 0.6 is 0 Å². The van der Waals surface area contributed by atoms with Crippen molar-refractivity contribution in [3.63, 3.8) is 0 Å². The SMILES string of the molecule is Cc1ncc([N+](=O)[O-])n1CC1CC1. The Kier molecular flexibility index (Phi) is 1.79. The van der Waals surface area contributed by atoms with E-state index >= 15 is 0 Å². The zero-order chi connectivity index (χ0) is 9.42. The van der Waals surface area contributed by atoms with Crippen LogP contribution in [0.3, 0.4) is 0 Å². The van der Waals surface area contributed by atoms with E-state index in [9.17, 15) is 10.1 Å². The number of aromatic nitrogens is 2. The number of imidazole rings is 1. The zero-order valence-corrected chi connectivity index (χ0v) is 7.43. The molecule has 0 saturated heterocycles. The Labute approximate surface area is 75.5 Å². The molecular formula is C8H11N3O2. The largest absolute Gasteiger partial charge is 0.358 e. The Morgan fingerprint density at radius 3 is 3.00 bits per heavy atom. The molecule has 1 fully saturated rings. The summed E-state index contributed by atoms with van der Waals surface area (Å²) in [4.78, 5) is 14.1. The zero-order valence-electron chi connectivity index (χ0n) is 7.43. The lowest BCUT2D eigenvalue weighted by atomic mass is 10.4. The fourth-order valence-corrected chi connectivity index (χ4v) is 1.39. The minimum atomic E-state index is -0.373. The van der Waals surface area contributed by atoms with Crippen LogP contribution in [0.1, 0.15) is 18.7 Å². The smallest absolute Gasteiger partial charge is 0.342 e. The predicted octanol–water partition coefficient (Wildman–Crippen LogP) is 1.51. The molecule has 5 nitrogen and oxygen atoms in total. The summed E-state index contributed by atoms with van der Waals surface area (Å²) in [5, 5.41) is 10.6. The molecule has 70 valence electrons. The van der Waals surface area contributed by atoms with Gasteiger partial charge in [0.2, 0.25) is 0 Å². The van der Waals surface area contributed by atoms with Crippen LogP contribution in [0.4, 0.5) is 5.82 Å². The van der Waals surface area contributed by atoms with Gasteiger partial charge in [0.15, 0.2) is 5.82 Å². The van der Waals surface area contributed by atoms with Gasteiger partial charge in [0, 0.05) is 6.92 Å². The van der Waals surface area contributed by atoms with Gasteiger partial charge in [0.05, 0.1) is 6.54 Å². The third kappa shape index (κ3) is 1.54. The third-order valence-electron chi connectivity index (χ3n) is 2.36. The quantitative estimate of drug-likeness (QED) is 0.524. The van der Waals surface area contributed by atoms with Crippen molar-refractivity contribution in [3.05, 3.63) is 22.1 Å². The molecule has 0 N–H and O–H groups in total. The van der Waals surface area contributed by atoms with Gasteiger partial charge in [-0.2, -0.15) is 0 Å². The summed E-state index contributed by atoms with van der Waals surface area (Å²) in [6.45, 7) is 2.55. The Morgan fingerprint density at radius 1 is 1.77 bits per heavy atom. The van der Waals surface area contributed by atoms with E-state index < -0.39 is 0 Å². The van der Waals surface area contributed by atoms with Crippen LogP contribution in [0.25, 0.3) is 0 Å². The summed E-state index contributed by atoms with van der Waals surface area (Å²) in [5.74, 6) is 1.48. The molecule has 0 radical (unpaired) electrons. The molecule has 1 aliphatic rings. The standard InChI is InChI=1S/C8H11N3O2/c1-6-9-4-8(11(12)13)10(6)5-7-2-3-7/h4,7H,2-3,5H2,1H3. The summed E-state index contributed by atoms with van der Waals surface area (Å²) in [5.41, 5.74) is 0. The molecule has 1 aliphatic carbocycles. The third-order valence-corrected chi connectivity index (χ3v) is 2.36. The average Bonchev–Trinajstić information content (AvgIpc) is 2.78. The van der Waals surface area contributed by atoms with Gasteiger partial charge in [0.1, 0.15) is 6.20 Å². The highest BCUT2D eigenvalue weighted by Gasteiger charge is 2.28. The van der Waals surface area contributed by atoms with E-state index in [-0.39, 0.29) is 10.7 Å². The highest BCUT2D eigenvalue weighted by Crippen LogP contribution is 2.32. The van der Waals surface area contributed by atoms with E-state index in [0.717, 1.165) is 12.4 Å². The van der Waals surface area contributed by atoms with Crippen molar-refractivity contribution >= 4 is 5.82 Å². The maximum absolute atomic E-state index is 10.6. The number of nitro groups is 1. The first-order valence-electron chi connectivity index (χ1n) is 4.35. The number of hydrogen-bond acceptors (Lipinski definition) is 3. The second kappa shape index (κ2) is 2.83. The van der Waals surface area contributed by atoms with Crippen LogP contribution in [-0.4, -0.2) is 14.5 Å². The predicted molar refractivity (Wildman–Crippen MR) is 46.3 cm³/mol. The maximum atomic E-state index is 10.6. The van der Waals surface area contributed by atoms with Gasteiger partial charge in [-0.3, -0.25) is 0 Å². The molecule has 0 aliphatic heterocycles. The fourth-order valence-electron chi connectivity index (χ4n) is 1.39. The first-order chi connectivity index (χ1) is 6.18. The number of aryl methyl sites for hydroxylation is 1. The number of nitrogens with zero attached hydrogens (tertiary/aromatic N) is 3. The first kappa shape index (κ1) is 8.22. The highest BCUT2D eigenvalue weighted by atomic mass is 16.6. The van der Waals surface area contributed by atoms with Crippen LogP contribution in [0.5, 0.6) is 0 Å². The molecule has 1 aromatic heterocycles. The van der Waals surface area contributed by atoms with Crippen molar-refractivity contribution in [2.75, 3.05) is 0 Å². The van der Waals surface area contributed by atoms with Crippen molar-refractivity contribution in [1.29, 1.82) is 0 Å². The van der Waals surface area contributed by atoms with Crippen molar-refractivity contribution in [2.45, 2.75) is 26.3 Å². The minimum Gasteiger partial charge on any atom is -0.358 e. The second-order valence-electron chi connectivity index (χ2n) is 3.47. The summed E-state index contributed by atoms with van der Waals surface area (Å²) in [6, 6.07) is 0. The second-order valence-corrected chi connectivity index (χ2v) is 3.47. The molecule has 0 atom stereocenters. The van der Waals surface area contributed by atoms with Gasteiger partial charge in [-0.15, -0.1) is 0 Å². The summed E-state index contributed by atoms with van der Waals surface area (Å²) < 4.78 is 1.69. The van der Waals surface area contributed by atoms with Crippen molar-refractivity contribution in [3.8, 4) is 0 Å². The van der Waals surface area contributed by atoms with Crippen LogP contribution in [0.2, 0.25) is 0 Å². The molecule has 1 aromatic rings. The summed E-state index contributed by atoms with van der Waals surface area (Å²) in [6.07, 6.45) is 3.71. The van der Waals surface area contributed by atoms with Crippen LogP contribution in [0.15, 0.2) is 6.20 Å². The summed E-state index contributed by atoms with van der Waals surface area (Å²) in [7, 11) is 0. The number of hydrogen-bond donors (Lipinski definition) is 0. The first-order valence-corrected chi connectivity index (χ1v) is 4.35. The Bertz CT molecular complexity index is 341. The monoisotopic (exact) mass is 181 g/mol. The molecule has 0 spiro atoms. The molecule has 0 bridgehead atoms. The average molecular weight is 181 g/mol. The fraction of sp³-hybridized carbons (Fsp3) is 0.625. The molecular weight excluding hydrogens is 170 g/mol. The van der Waals surface area contributed by atoms with Crippen LogP contribution in [0, 0.1) is 23.0 Å². The van der Waals surface area contributed by atoms with Crippen molar-refractivity contribution in [1.82, 2.24) is 9.55 Å². The van der Waals surface area contributed by atoms with Crippen molar-refractivity contribution in [2.24, 2.45) is 5.92 Å². The Hall–Kier alpha value is -1.39. The Balaban J connectivity index is 2.27. The molecule has 5 heteroatoms. The van der Waals surface area contributed by atoms with E-state index in [0.29, 0.717) is 5.92 Å². The number of rotatable bonds is 3. The topological polar surface area (TPSA) is 61.0 Å². The van der Waals surface area contributed by atoms with Gasteiger partial charge in [-0.1, -0.05) is 0 Å². The van der Waals surface area contributed by atoms with Crippen LogP contribution < -0.4 is 0 Å². The minimum absolute atomic E-state index is 0.115. The van der Waals surface area contributed by atoms with Gasteiger partial charge >= 0.3 is 5.82 Å². The van der Waals surface area contributed by atoms with Crippen LogP contribution in [-0.2, 0) is 6.54 Å². The van der Waals surface area contributed by atoms with E-state index in [4.69, 9.17) is 0 Å². The maximum Gasteiger partial charge on any atom is 0.342 e. The molecule has 1 saturated carbocycles. The lowest BCUT2D eigenvalue weighted by Crippen LogP contribution is -2.06. The molecule has 2 rings (SSSR count). The summed E-state index contributed by atoms with van der Waals surface area (Å²) >= 11 is 0. The molecule has 0 aromatic carbocycles. The lowest BCUT2D eigenvalue weighted by molar-refractivity contribution is -0.392. The van der Waals surface area contributed by atoms with E-state index in [1.54, 1.807) is 11.5 Å². The molecule has 1 heterocycles. The normalized spacial score (nSPS) is 16.1. The highest BCUT2D eigenvalue weighted by molar-refractivity contribution is 5.19. The lowest BCUT2D eigenvalue weighted by Gasteiger charge is -2.00. The van der Waals surface area contributed by atoms with Gasteiger partial charge in [-0.05, 0) is 23.7 Å². The van der Waals surface area contributed by atoms with Crippen molar-refractivity contribution < 1.29 is 4.92 Å². The Morgan fingerprint density at radius 2 is 2.46 bits per heavy atom. The van der Waals surface area contributed by atoms with Gasteiger partial charge in [-0.25, -0.2) is 9.55 Å². The van der Waals surface area contributed by atoms with E-state index in [1.807, 2.05) is 0 Å². The van der Waals surface area contributed by atoms with E-state index in [1.165, 1.54) is 19.0 Å². The van der Waals surface area contributed by atoms with E-state index in [2.05, 4.69) is 4.98 Å². The van der Waals surface area contributed by atoms with Gasteiger partial charge in [0.25, 0.3) is 0 Å².